The molecular formula is C23H32FN3O6. The third-order valence-electron chi connectivity index (χ3n) is 6.04. The van der Waals surface area contributed by atoms with E-state index in [0.29, 0.717) is 18.8 Å². The van der Waals surface area contributed by atoms with Crippen LogP contribution in [0.5, 0.6) is 5.75 Å². The molecule has 182 valence electrons. The molecule has 0 bridgehead atoms. The number of hydrogen-bond donors (Lipinski definition) is 1. The molecule has 3 rings (SSSR count). The summed E-state index contributed by atoms with van der Waals surface area (Å²) >= 11 is 0. The van der Waals surface area contributed by atoms with E-state index < -0.39 is 17.5 Å². The van der Waals surface area contributed by atoms with E-state index in [2.05, 4.69) is 0 Å². The van der Waals surface area contributed by atoms with Crippen molar-refractivity contribution in [3.05, 3.63) is 24.0 Å². The van der Waals surface area contributed by atoms with Crippen molar-refractivity contribution in [2.45, 2.75) is 39.2 Å². The van der Waals surface area contributed by atoms with Gasteiger partial charge in [0.15, 0.2) is 17.2 Å². The Balaban J connectivity index is 1.69. The number of anilines is 1. The first-order chi connectivity index (χ1) is 15.6. The molecule has 2 heterocycles. The van der Waals surface area contributed by atoms with E-state index in [1.807, 2.05) is 4.90 Å². The molecule has 1 unspecified atom stereocenters. The molecule has 0 aromatic heterocycles. The second-order valence-electron chi connectivity index (χ2n) is 8.83. The summed E-state index contributed by atoms with van der Waals surface area (Å²) in [4.78, 5) is 41.1. The van der Waals surface area contributed by atoms with E-state index in [1.165, 1.54) is 15.9 Å². The Morgan fingerprint density at radius 3 is 2.42 bits per heavy atom. The quantitative estimate of drug-likeness (QED) is 0.645. The first-order valence-electron chi connectivity index (χ1n) is 11.3. The van der Waals surface area contributed by atoms with Crippen LogP contribution in [0.2, 0.25) is 0 Å². The predicted octanol–water partition coefficient (Wildman–Crippen LogP) is 2.58. The maximum atomic E-state index is 14.6. The summed E-state index contributed by atoms with van der Waals surface area (Å²) in [6.07, 6.45) is 0.541. The van der Waals surface area contributed by atoms with E-state index in [0.717, 1.165) is 19.4 Å². The van der Waals surface area contributed by atoms with Crippen molar-refractivity contribution >= 4 is 23.7 Å². The lowest BCUT2D eigenvalue weighted by atomic mass is 9.97. The van der Waals surface area contributed by atoms with Gasteiger partial charge in [-0.1, -0.05) is 0 Å². The fourth-order valence-electron chi connectivity index (χ4n) is 4.23. The zero-order valence-electron chi connectivity index (χ0n) is 19.4. The summed E-state index contributed by atoms with van der Waals surface area (Å²) in [6.45, 7) is 7.39. The number of rotatable bonds is 6. The Bertz CT molecular complexity index is 885. The molecule has 9 nitrogen and oxygen atoms in total. The standard InChI is InChI=1S/C23H32FN3O6/c1-4-32-20(28)16-6-5-9-27(15-16)17-7-8-18(24)19(14-17)33-23(2,3)21(29)25-10-12-26(13-11-25)22(30)31/h7-8,14,16H,4-6,9-13,15H2,1-3H3,(H,30,31). The van der Waals surface area contributed by atoms with Crippen LogP contribution in [0.25, 0.3) is 0 Å². The molecule has 1 aromatic carbocycles. The zero-order chi connectivity index (χ0) is 24.2. The maximum absolute atomic E-state index is 14.6. The maximum Gasteiger partial charge on any atom is 0.407 e. The number of carbonyl (C=O) groups is 3. The highest BCUT2D eigenvalue weighted by Gasteiger charge is 2.37. The molecule has 10 heteroatoms. The lowest BCUT2D eigenvalue weighted by Crippen LogP contribution is -2.56. The molecule has 0 radical (unpaired) electrons. The highest BCUT2D eigenvalue weighted by molar-refractivity contribution is 5.85. The average molecular weight is 466 g/mol. The van der Waals surface area contributed by atoms with Crippen molar-refractivity contribution in [2.75, 3.05) is 50.8 Å². The van der Waals surface area contributed by atoms with E-state index in [-0.39, 0.29) is 49.7 Å². The predicted molar refractivity (Wildman–Crippen MR) is 119 cm³/mol. The van der Waals surface area contributed by atoms with Gasteiger partial charge in [0, 0.05) is 51.0 Å². The number of carbonyl (C=O) groups excluding carboxylic acids is 2. The summed E-state index contributed by atoms with van der Waals surface area (Å²) in [6, 6.07) is 4.49. The minimum Gasteiger partial charge on any atom is -0.475 e. The average Bonchev–Trinajstić information content (AvgIpc) is 2.80. The highest BCUT2D eigenvalue weighted by atomic mass is 19.1. The Kier molecular flexibility index (Phi) is 7.65. The minimum absolute atomic E-state index is 0.0479. The first kappa shape index (κ1) is 24.6. The summed E-state index contributed by atoms with van der Waals surface area (Å²) in [7, 11) is 0. The molecule has 0 aliphatic carbocycles. The van der Waals surface area contributed by atoms with Crippen molar-refractivity contribution in [1.82, 2.24) is 9.80 Å². The second kappa shape index (κ2) is 10.3. The number of carboxylic acid groups (broad SMARTS) is 1. The molecule has 2 amide bonds. The lowest BCUT2D eigenvalue weighted by molar-refractivity contribution is -0.148. The normalized spacial score (nSPS) is 19.3. The van der Waals surface area contributed by atoms with Gasteiger partial charge in [0.1, 0.15) is 0 Å². The van der Waals surface area contributed by atoms with Crippen LogP contribution in [0, 0.1) is 11.7 Å². The number of benzene rings is 1. The molecule has 2 aliphatic rings. The molecule has 1 atom stereocenters. The molecule has 2 aliphatic heterocycles. The van der Waals surface area contributed by atoms with Gasteiger partial charge in [-0.3, -0.25) is 9.59 Å². The monoisotopic (exact) mass is 465 g/mol. The number of ether oxygens (including phenoxy) is 2. The number of piperidine rings is 1. The SMILES string of the molecule is CCOC(=O)C1CCCN(c2ccc(F)c(OC(C)(C)C(=O)N3CCN(C(=O)O)CC3)c2)C1. The Morgan fingerprint density at radius 1 is 1.12 bits per heavy atom. The van der Waals surface area contributed by atoms with E-state index in [1.54, 1.807) is 32.9 Å². The van der Waals surface area contributed by atoms with E-state index in [9.17, 15) is 18.8 Å². The van der Waals surface area contributed by atoms with Gasteiger partial charge in [-0.25, -0.2) is 9.18 Å². The minimum atomic E-state index is -1.35. The Hall–Kier alpha value is -3.04. The number of piperazine rings is 1. The van der Waals surface area contributed by atoms with Crippen LogP contribution in [0.15, 0.2) is 18.2 Å². The molecule has 33 heavy (non-hydrogen) atoms. The van der Waals surface area contributed by atoms with Crippen LogP contribution in [0.3, 0.4) is 0 Å². The summed E-state index contributed by atoms with van der Waals surface area (Å²) in [5.41, 5.74) is -0.640. The van der Waals surface area contributed by atoms with E-state index >= 15 is 0 Å². The van der Waals surface area contributed by atoms with Gasteiger partial charge >= 0.3 is 12.1 Å². The number of amides is 2. The van der Waals surface area contributed by atoms with Crippen LogP contribution in [-0.2, 0) is 14.3 Å². The van der Waals surface area contributed by atoms with Gasteiger partial charge in [-0.05, 0) is 45.7 Å². The van der Waals surface area contributed by atoms with Crippen LogP contribution >= 0.6 is 0 Å². The fourth-order valence-corrected chi connectivity index (χ4v) is 4.23. The topological polar surface area (TPSA) is 99.6 Å². The van der Waals surface area contributed by atoms with Crippen LogP contribution in [0.1, 0.15) is 33.6 Å². The molecular weight excluding hydrogens is 433 g/mol. The van der Waals surface area contributed by atoms with Crippen molar-refractivity contribution < 1.29 is 33.4 Å². The Morgan fingerprint density at radius 2 is 1.79 bits per heavy atom. The van der Waals surface area contributed by atoms with Crippen molar-refractivity contribution in [1.29, 1.82) is 0 Å². The number of esters is 1. The third-order valence-corrected chi connectivity index (χ3v) is 6.04. The number of hydrogen-bond acceptors (Lipinski definition) is 6. The van der Waals surface area contributed by atoms with Gasteiger partial charge in [-0.2, -0.15) is 0 Å². The summed E-state index contributed by atoms with van der Waals surface area (Å²) in [5.74, 6) is -1.44. The van der Waals surface area contributed by atoms with Gasteiger partial charge in [0.25, 0.3) is 5.91 Å². The summed E-state index contributed by atoms with van der Waals surface area (Å²) in [5, 5.41) is 9.08. The van der Waals surface area contributed by atoms with Gasteiger partial charge < -0.3 is 29.3 Å². The van der Waals surface area contributed by atoms with Crippen LogP contribution in [-0.4, -0.2) is 84.4 Å². The molecule has 1 aromatic rings. The van der Waals surface area contributed by atoms with Crippen LogP contribution in [0.4, 0.5) is 14.9 Å². The molecule has 2 saturated heterocycles. The van der Waals surface area contributed by atoms with Crippen molar-refractivity contribution in [3.63, 3.8) is 0 Å². The third kappa shape index (κ3) is 5.85. The molecule has 1 N–H and O–H groups in total. The largest absolute Gasteiger partial charge is 0.475 e. The van der Waals surface area contributed by atoms with Crippen molar-refractivity contribution in [2.24, 2.45) is 5.92 Å². The lowest BCUT2D eigenvalue weighted by Gasteiger charge is -2.38. The number of nitrogens with zero attached hydrogens (tertiary/aromatic N) is 3. The van der Waals surface area contributed by atoms with Gasteiger partial charge in [0.05, 0.1) is 12.5 Å². The smallest absolute Gasteiger partial charge is 0.407 e. The van der Waals surface area contributed by atoms with Crippen LogP contribution < -0.4 is 9.64 Å². The number of halogens is 1. The molecule has 2 fully saturated rings. The second-order valence-corrected chi connectivity index (χ2v) is 8.83. The molecule has 0 saturated carbocycles. The first-order valence-corrected chi connectivity index (χ1v) is 11.3. The highest BCUT2D eigenvalue weighted by Crippen LogP contribution is 2.31. The van der Waals surface area contributed by atoms with Crippen molar-refractivity contribution in [3.8, 4) is 5.75 Å². The zero-order valence-corrected chi connectivity index (χ0v) is 19.4. The van der Waals surface area contributed by atoms with Gasteiger partial charge in [-0.15, -0.1) is 0 Å². The van der Waals surface area contributed by atoms with Gasteiger partial charge in [0.2, 0.25) is 0 Å². The molecule has 0 spiro atoms. The van der Waals surface area contributed by atoms with E-state index in [4.69, 9.17) is 14.6 Å². The fraction of sp³-hybridized carbons (Fsp3) is 0.609. The Labute approximate surface area is 193 Å². The summed E-state index contributed by atoms with van der Waals surface area (Å²) < 4.78 is 25.6.